The lowest BCUT2D eigenvalue weighted by Gasteiger charge is -2.14. The highest BCUT2D eigenvalue weighted by atomic mass is 32.2. The van der Waals surface area contributed by atoms with Crippen LogP contribution in [0.25, 0.3) is 0 Å². The molecule has 0 fully saturated rings. The van der Waals surface area contributed by atoms with Crippen molar-refractivity contribution in [3.05, 3.63) is 0 Å². The first-order valence-corrected chi connectivity index (χ1v) is 9.11. The van der Waals surface area contributed by atoms with E-state index in [2.05, 4.69) is 19.6 Å². The summed E-state index contributed by atoms with van der Waals surface area (Å²) in [6.07, 6.45) is 1.33. The fraction of sp³-hybridized carbons (Fsp3) is 1.00. The maximum absolute atomic E-state index is 8.51. The van der Waals surface area contributed by atoms with Crippen molar-refractivity contribution in [1.82, 2.24) is 0 Å². The maximum atomic E-state index is 8.51. The molecule has 11 heavy (non-hydrogen) atoms. The van der Waals surface area contributed by atoms with Gasteiger partial charge < -0.3 is 5.11 Å². The molecule has 0 aromatic rings. The minimum absolute atomic E-state index is 0.331. The Morgan fingerprint density at radius 3 is 2.27 bits per heavy atom. The summed E-state index contributed by atoms with van der Waals surface area (Å²) in [6.45, 7) is 7.55. The monoisotopic (exact) mass is 192 g/mol. The molecule has 0 aliphatic rings. The highest BCUT2D eigenvalue weighted by Gasteiger charge is 2.11. The molecule has 0 unspecified atom stereocenters. The smallest absolute Gasteiger partial charge is 0.0521 e. The van der Waals surface area contributed by atoms with Gasteiger partial charge in [0.2, 0.25) is 0 Å². The topological polar surface area (TPSA) is 20.2 Å². The summed E-state index contributed by atoms with van der Waals surface area (Å²) in [5, 5.41) is 8.51. The van der Waals surface area contributed by atoms with Crippen LogP contribution in [0.15, 0.2) is 0 Å². The van der Waals surface area contributed by atoms with Crippen LogP contribution in [0.5, 0.6) is 0 Å². The zero-order valence-corrected chi connectivity index (χ0v) is 9.71. The molecular weight excluding hydrogens is 172 g/mol. The molecule has 0 aliphatic heterocycles. The van der Waals surface area contributed by atoms with Gasteiger partial charge in [-0.1, -0.05) is 25.7 Å². The van der Waals surface area contributed by atoms with Crippen LogP contribution in [-0.4, -0.2) is 31.3 Å². The maximum Gasteiger partial charge on any atom is 0.0521 e. The van der Waals surface area contributed by atoms with Crippen LogP contribution < -0.4 is 0 Å². The van der Waals surface area contributed by atoms with E-state index in [9.17, 15) is 0 Å². The molecule has 0 radical (unpaired) electrons. The van der Waals surface area contributed by atoms with Crippen molar-refractivity contribution in [3.8, 4) is 0 Å². The second kappa shape index (κ2) is 6.09. The summed E-state index contributed by atoms with van der Waals surface area (Å²) in [4.78, 5) is 0. The summed E-state index contributed by atoms with van der Waals surface area (Å²) >= 11 is 1.87. The Hall–Kier alpha value is 0.527. The molecule has 0 saturated heterocycles. The molecule has 1 nitrogen and oxygen atoms in total. The third-order valence-corrected chi connectivity index (χ3v) is 4.35. The van der Waals surface area contributed by atoms with E-state index in [0.717, 1.165) is 5.75 Å². The zero-order chi connectivity index (χ0) is 8.74. The first kappa shape index (κ1) is 11.5. The summed E-state index contributed by atoms with van der Waals surface area (Å²) in [5.41, 5.74) is 0. The van der Waals surface area contributed by atoms with Crippen LogP contribution in [0.1, 0.15) is 6.42 Å². The molecule has 0 atom stereocenters. The van der Waals surface area contributed by atoms with E-state index in [4.69, 9.17) is 5.11 Å². The highest BCUT2D eigenvalue weighted by molar-refractivity contribution is 7.99. The second-order valence-corrected chi connectivity index (χ2v) is 10.8. The van der Waals surface area contributed by atoms with E-state index in [1.807, 2.05) is 11.8 Å². The van der Waals surface area contributed by atoms with E-state index in [0.29, 0.717) is 6.61 Å². The average Bonchev–Trinajstić information content (AvgIpc) is 1.85. The van der Waals surface area contributed by atoms with Gasteiger partial charge in [0, 0.05) is 13.8 Å². The predicted molar refractivity (Wildman–Crippen MR) is 57.2 cm³/mol. The van der Waals surface area contributed by atoms with Crippen molar-refractivity contribution in [2.24, 2.45) is 0 Å². The molecule has 0 saturated carbocycles. The lowest BCUT2D eigenvalue weighted by Crippen LogP contribution is -2.18. The Morgan fingerprint density at radius 1 is 1.18 bits per heavy atom. The summed E-state index contributed by atoms with van der Waals surface area (Å²) in [6, 6.07) is 1.42. The quantitative estimate of drug-likeness (QED) is 0.515. The lowest BCUT2D eigenvalue weighted by molar-refractivity contribution is 0.322. The van der Waals surface area contributed by atoms with Gasteiger partial charge >= 0.3 is 0 Å². The molecule has 3 heteroatoms. The number of aliphatic hydroxyl groups is 1. The van der Waals surface area contributed by atoms with E-state index in [1.165, 1.54) is 18.2 Å². The largest absolute Gasteiger partial charge is 0.396 e. The lowest BCUT2D eigenvalue weighted by atomic mass is 10.6. The van der Waals surface area contributed by atoms with Crippen LogP contribution in [0.3, 0.4) is 0 Å². The summed E-state index contributed by atoms with van der Waals surface area (Å²) in [5.74, 6) is 2.14. The van der Waals surface area contributed by atoms with E-state index >= 15 is 0 Å². The van der Waals surface area contributed by atoms with E-state index < -0.39 is 8.07 Å². The molecular formula is C8H20OSSi. The standard InChI is InChI=1S/C8H20OSSi/c1-11(2,3)8-4-6-10-7-5-9/h9H,4-8H2,1-3H3. The van der Waals surface area contributed by atoms with Crippen LogP contribution in [0.2, 0.25) is 25.7 Å². The van der Waals surface area contributed by atoms with Crippen molar-refractivity contribution < 1.29 is 5.11 Å². The molecule has 0 rings (SSSR count). The third kappa shape index (κ3) is 10.5. The van der Waals surface area contributed by atoms with Crippen LogP contribution in [0, 0.1) is 0 Å². The first-order chi connectivity index (χ1) is 5.06. The Balaban J connectivity index is 3.02. The third-order valence-electron chi connectivity index (χ3n) is 1.45. The summed E-state index contributed by atoms with van der Waals surface area (Å²) in [7, 11) is -0.793. The van der Waals surface area contributed by atoms with Gasteiger partial charge in [-0.2, -0.15) is 11.8 Å². The zero-order valence-electron chi connectivity index (χ0n) is 7.89. The van der Waals surface area contributed by atoms with Crippen LogP contribution >= 0.6 is 11.8 Å². The van der Waals surface area contributed by atoms with Crippen molar-refractivity contribution in [3.63, 3.8) is 0 Å². The number of aliphatic hydroxyl groups excluding tert-OH is 1. The molecule has 68 valence electrons. The molecule has 0 aromatic carbocycles. The second-order valence-electron chi connectivity index (χ2n) is 4.00. The molecule has 0 bridgehead atoms. The number of thioether (sulfide) groups is 1. The van der Waals surface area contributed by atoms with Crippen molar-refractivity contribution >= 4 is 19.8 Å². The number of hydrogen-bond donors (Lipinski definition) is 1. The number of rotatable bonds is 6. The number of hydrogen-bond acceptors (Lipinski definition) is 2. The van der Waals surface area contributed by atoms with Gasteiger partial charge in [0.05, 0.1) is 6.61 Å². The Labute approximate surface area is 75.6 Å². The molecule has 0 spiro atoms. The SMILES string of the molecule is C[Si](C)(C)CCCSCCO. The molecule has 0 aromatic heterocycles. The Kier molecular flexibility index (Phi) is 6.38. The van der Waals surface area contributed by atoms with Gasteiger partial charge in [-0.05, 0) is 12.2 Å². The highest BCUT2D eigenvalue weighted by Crippen LogP contribution is 2.13. The average molecular weight is 192 g/mol. The first-order valence-electron chi connectivity index (χ1n) is 4.25. The normalized spacial score (nSPS) is 12.0. The minimum Gasteiger partial charge on any atom is -0.396 e. The van der Waals surface area contributed by atoms with Gasteiger partial charge in [0.1, 0.15) is 0 Å². The van der Waals surface area contributed by atoms with Gasteiger partial charge in [0.25, 0.3) is 0 Å². The minimum atomic E-state index is -0.793. The summed E-state index contributed by atoms with van der Waals surface area (Å²) < 4.78 is 0. The Morgan fingerprint density at radius 2 is 1.82 bits per heavy atom. The van der Waals surface area contributed by atoms with Crippen LogP contribution in [0.4, 0.5) is 0 Å². The molecule has 1 N–H and O–H groups in total. The molecule has 0 aliphatic carbocycles. The fourth-order valence-electron chi connectivity index (χ4n) is 0.871. The van der Waals surface area contributed by atoms with Crippen molar-refractivity contribution in [2.45, 2.75) is 32.1 Å². The molecule has 0 heterocycles. The van der Waals surface area contributed by atoms with E-state index in [-0.39, 0.29) is 0 Å². The van der Waals surface area contributed by atoms with Crippen molar-refractivity contribution in [1.29, 1.82) is 0 Å². The Bertz CT molecular complexity index is 90.6. The van der Waals surface area contributed by atoms with Gasteiger partial charge in [-0.25, -0.2) is 0 Å². The van der Waals surface area contributed by atoms with Gasteiger partial charge in [0.15, 0.2) is 0 Å². The predicted octanol–water partition coefficient (Wildman–Crippen LogP) is 2.44. The van der Waals surface area contributed by atoms with E-state index in [1.54, 1.807) is 0 Å². The fourth-order valence-corrected chi connectivity index (χ4v) is 3.05. The van der Waals surface area contributed by atoms with Crippen molar-refractivity contribution in [2.75, 3.05) is 18.1 Å². The van der Waals surface area contributed by atoms with Gasteiger partial charge in [-0.15, -0.1) is 0 Å². The molecule has 0 amide bonds. The van der Waals surface area contributed by atoms with Crippen LogP contribution in [-0.2, 0) is 0 Å². The van der Waals surface area contributed by atoms with Gasteiger partial charge in [-0.3, -0.25) is 0 Å².